The summed E-state index contributed by atoms with van der Waals surface area (Å²) in [4.78, 5) is 12.4. The number of fused-ring (bicyclic) bond motifs is 1. The zero-order valence-corrected chi connectivity index (χ0v) is 17.4. The summed E-state index contributed by atoms with van der Waals surface area (Å²) >= 11 is 0. The van der Waals surface area contributed by atoms with Gasteiger partial charge in [0.05, 0.1) is 23.9 Å². The molecule has 1 amide bonds. The third kappa shape index (κ3) is 4.26. The molecule has 0 aliphatic rings. The Balaban J connectivity index is 1.69. The Morgan fingerprint density at radius 2 is 1.67 bits per heavy atom. The number of anilines is 1. The molecule has 0 spiro atoms. The second-order valence-electron chi connectivity index (χ2n) is 7.38. The number of alkyl halides is 3. The van der Waals surface area contributed by atoms with Crippen LogP contribution in [0.3, 0.4) is 0 Å². The molecule has 33 heavy (non-hydrogen) atoms. The first-order valence-corrected chi connectivity index (χ1v) is 9.72. The number of hydrogen-bond donors (Lipinski definition) is 1. The van der Waals surface area contributed by atoms with Crippen LogP contribution in [0.5, 0.6) is 5.75 Å². The lowest BCUT2D eigenvalue weighted by molar-refractivity contribution is -0.137. The van der Waals surface area contributed by atoms with E-state index in [1.807, 2.05) is 0 Å². The number of methoxy groups -OCH3 is 1. The van der Waals surface area contributed by atoms with Gasteiger partial charge in [-0.1, -0.05) is 12.1 Å². The molecule has 0 saturated heterocycles. The highest BCUT2D eigenvalue weighted by Crippen LogP contribution is 2.40. The van der Waals surface area contributed by atoms with Crippen LogP contribution < -0.4 is 10.1 Å². The van der Waals surface area contributed by atoms with Gasteiger partial charge in [0.2, 0.25) is 0 Å². The fraction of sp³-hybridized carbons (Fsp3) is 0.125. The number of aromatic nitrogens is 1. The van der Waals surface area contributed by atoms with Gasteiger partial charge in [-0.3, -0.25) is 4.79 Å². The molecular weight excluding hydrogens is 443 g/mol. The number of nitrogens with one attached hydrogen (secondary N) is 1. The average Bonchev–Trinajstić information content (AvgIpc) is 3.16. The van der Waals surface area contributed by atoms with Gasteiger partial charge in [0.1, 0.15) is 17.4 Å². The number of nitrogens with zero attached hydrogens (tertiary/aromatic N) is 1. The summed E-state index contributed by atoms with van der Waals surface area (Å²) in [7, 11) is 1.42. The van der Waals surface area contributed by atoms with Crippen molar-refractivity contribution in [1.82, 2.24) is 4.40 Å². The molecule has 0 aliphatic heterocycles. The first kappa shape index (κ1) is 22.3. The van der Waals surface area contributed by atoms with Crippen molar-refractivity contribution in [1.29, 1.82) is 0 Å². The minimum absolute atomic E-state index is 0.0711. The summed E-state index contributed by atoms with van der Waals surface area (Å²) < 4.78 is 75.1. The molecule has 0 saturated carbocycles. The first-order valence-electron chi connectivity index (χ1n) is 9.72. The van der Waals surface area contributed by atoms with Gasteiger partial charge in [-0.05, 0) is 48.4 Å². The normalized spacial score (nSPS) is 11.6. The first-order chi connectivity index (χ1) is 15.6. The average molecular weight is 460 g/mol. The Kier molecular flexibility index (Phi) is 5.57. The molecule has 0 radical (unpaired) electrons. The van der Waals surface area contributed by atoms with Crippen molar-refractivity contribution in [2.24, 2.45) is 0 Å². The SMILES string of the molecule is COc1ccn2c(-c3ccc(NC(=O)c4cc(C)c(F)cc4F)cc3)c(C(F)(F)F)cc2c1. The number of benzene rings is 2. The van der Waals surface area contributed by atoms with Crippen molar-refractivity contribution in [2.75, 3.05) is 12.4 Å². The van der Waals surface area contributed by atoms with E-state index >= 15 is 0 Å². The number of aryl methyl sites for hydroxylation is 1. The molecule has 1 N–H and O–H groups in total. The standard InChI is InChI=1S/C24H17F5N2O2/c1-13-9-18(21(26)12-20(13)25)23(32)30-15-5-3-14(4-6-15)22-19(24(27,28)29)11-16-10-17(33-2)7-8-31(16)22/h3-12H,1-2H3,(H,30,32). The highest BCUT2D eigenvalue weighted by atomic mass is 19.4. The third-order valence-corrected chi connectivity index (χ3v) is 5.19. The highest BCUT2D eigenvalue weighted by Gasteiger charge is 2.36. The van der Waals surface area contributed by atoms with Gasteiger partial charge in [-0.2, -0.15) is 13.2 Å². The molecular formula is C24H17F5N2O2. The number of hydrogen-bond acceptors (Lipinski definition) is 2. The quantitative estimate of drug-likeness (QED) is 0.355. The van der Waals surface area contributed by atoms with Crippen molar-refractivity contribution in [2.45, 2.75) is 13.1 Å². The molecule has 4 rings (SSSR count). The van der Waals surface area contributed by atoms with Crippen LogP contribution in [0.4, 0.5) is 27.6 Å². The maximum Gasteiger partial charge on any atom is 0.418 e. The Labute approximate surface area is 185 Å². The van der Waals surface area contributed by atoms with Crippen molar-refractivity contribution in [3.05, 3.63) is 89.1 Å². The van der Waals surface area contributed by atoms with Crippen LogP contribution in [-0.4, -0.2) is 17.4 Å². The van der Waals surface area contributed by atoms with Gasteiger partial charge in [0.25, 0.3) is 5.91 Å². The van der Waals surface area contributed by atoms with E-state index in [1.54, 1.807) is 6.07 Å². The summed E-state index contributed by atoms with van der Waals surface area (Å²) in [6.45, 7) is 1.40. The lowest BCUT2D eigenvalue weighted by Crippen LogP contribution is -2.14. The molecule has 2 aromatic carbocycles. The summed E-state index contributed by atoms with van der Waals surface area (Å²) in [6, 6.07) is 11.4. The minimum Gasteiger partial charge on any atom is -0.497 e. The highest BCUT2D eigenvalue weighted by molar-refractivity contribution is 6.04. The van der Waals surface area contributed by atoms with Crippen LogP contribution in [-0.2, 0) is 6.18 Å². The number of carbonyl (C=O) groups excluding carboxylic acids is 1. The van der Waals surface area contributed by atoms with Gasteiger partial charge < -0.3 is 14.5 Å². The molecule has 4 aromatic rings. The van der Waals surface area contributed by atoms with E-state index in [1.165, 1.54) is 55.0 Å². The van der Waals surface area contributed by atoms with E-state index in [-0.39, 0.29) is 28.1 Å². The molecule has 4 nitrogen and oxygen atoms in total. The summed E-state index contributed by atoms with van der Waals surface area (Å²) in [5.41, 5.74) is -0.335. The number of rotatable bonds is 4. The molecule has 0 unspecified atom stereocenters. The Morgan fingerprint density at radius 1 is 0.970 bits per heavy atom. The van der Waals surface area contributed by atoms with Gasteiger partial charge >= 0.3 is 6.18 Å². The third-order valence-electron chi connectivity index (χ3n) is 5.19. The van der Waals surface area contributed by atoms with E-state index < -0.39 is 29.3 Å². The monoisotopic (exact) mass is 460 g/mol. The van der Waals surface area contributed by atoms with Gasteiger partial charge in [0, 0.05) is 29.5 Å². The zero-order valence-electron chi connectivity index (χ0n) is 17.4. The van der Waals surface area contributed by atoms with Gasteiger partial charge in [0.15, 0.2) is 0 Å². The number of halogens is 5. The van der Waals surface area contributed by atoms with Crippen molar-refractivity contribution in [3.63, 3.8) is 0 Å². The predicted molar refractivity (Wildman–Crippen MR) is 113 cm³/mol. The summed E-state index contributed by atoms with van der Waals surface area (Å²) in [6.07, 6.45) is -3.12. The van der Waals surface area contributed by atoms with E-state index in [2.05, 4.69) is 5.32 Å². The lowest BCUT2D eigenvalue weighted by atomic mass is 10.1. The van der Waals surface area contributed by atoms with Crippen LogP contribution in [0.25, 0.3) is 16.8 Å². The van der Waals surface area contributed by atoms with Crippen LogP contribution in [0, 0.1) is 18.6 Å². The predicted octanol–water partition coefficient (Wildman–Crippen LogP) is 6.47. The fourth-order valence-corrected chi connectivity index (χ4v) is 3.54. The molecule has 170 valence electrons. The van der Waals surface area contributed by atoms with Gasteiger partial charge in [-0.25, -0.2) is 8.78 Å². The smallest absolute Gasteiger partial charge is 0.418 e. The molecule has 2 aromatic heterocycles. The largest absolute Gasteiger partial charge is 0.497 e. The van der Waals surface area contributed by atoms with Crippen LogP contribution in [0.15, 0.2) is 60.8 Å². The summed E-state index contributed by atoms with van der Waals surface area (Å²) in [5.74, 6) is -2.18. The Morgan fingerprint density at radius 3 is 2.30 bits per heavy atom. The topological polar surface area (TPSA) is 42.7 Å². The van der Waals surface area contributed by atoms with Crippen molar-refractivity contribution >= 4 is 17.1 Å². The van der Waals surface area contributed by atoms with E-state index in [4.69, 9.17) is 4.74 Å². The van der Waals surface area contributed by atoms with E-state index in [9.17, 15) is 26.7 Å². The van der Waals surface area contributed by atoms with Gasteiger partial charge in [-0.15, -0.1) is 0 Å². The number of ether oxygens (including phenoxy) is 1. The second kappa shape index (κ2) is 8.23. The summed E-state index contributed by atoms with van der Waals surface area (Å²) in [5, 5.41) is 2.47. The minimum atomic E-state index is -4.60. The molecule has 2 heterocycles. The van der Waals surface area contributed by atoms with Crippen LogP contribution >= 0.6 is 0 Å². The number of carbonyl (C=O) groups is 1. The molecule has 0 atom stereocenters. The maximum absolute atomic E-state index is 14.0. The Hall–Kier alpha value is -3.88. The fourth-order valence-electron chi connectivity index (χ4n) is 3.54. The number of pyridine rings is 1. The molecule has 0 aliphatic carbocycles. The molecule has 9 heteroatoms. The van der Waals surface area contributed by atoms with Crippen LogP contribution in [0.2, 0.25) is 0 Å². The Bertz CT molecular complexity index is 1360. The van der Waals surface area contributed by atoms with Crippen molar-refractivity contribution in [3.8, 4) is 17.0 Å². The van der Waals surface area contributed by atoms with E-state index in [0.29, 0.717) is 17.3 Å². The zero-order chi connectivity index (χ0) is 23.9. The second-order valence-corrected chi connectivity index (χ2v) is 7.38. The van der Waals surface area contributed by atoms with E-state index in [0.717, 1.165) is 12.1 Å². The molecule has 0 fully saturated rings. The number of amides is 1. The van der Waals surface area contributed by atoms with Crippen molar-refractivity contribution < 1.29 is 31.5 Å². The van der Waals surface area contributed by atoms with Crippen LogP contribution in [0.1, 0.15) is 21.5 Å². The maximum atomic E-state index is 14.0. The molecule has 0 bridgehead atoms. The lowest BCUT2D eigenvalue weighted by Gasteiger charge is -2.12.